The summed E-state index contributed by atoms with van der Waals surface area (Å²) < 4.78 is 13.6. The first kappa shape index (κ1) is 14.2. The molecule has 0 aromatic heterocycles. The van der Waals surface area contributed by atoms with E-state index in [0.717, 1.165) is 0 Å². The molecule has 1 fully saturated rings. The summed E-state index contributed by atoms with van der Waals surface area (Å²) in [4.78, 5) is 15.9. The largest absolute Gasteiger partial charge is 0.395 e. The quantitative estimate of drug-likeness (QED) is 0.909. The zero-order valence-corrected chi connectivity index (χ0v) is 11.2. The highest BCUT2D eigenvalue weighted by molar-refractivity contribution is 6.31. The van der Waals surface area contributed by atoms with Crippen molar-refractivity contribution in [2.75, 3.05) is 39.3 Å². The van der Waals surface area contributed by atoms with Crippen LogP contribution in [0, 0.1) is 5.82 Å². The Morgan fingerprint density at radius 1 is 1.32 bits per heavy atom. The molecule has 1 aliphatic heterocycles. The standard InChI is InChI=1S/C13H16ClFN2O2/c14-10-1-2-12(15)11(9-10)13(19)17-5-3-16(4-6-17)7-8-18/h1-2,9,18H,3-8H2. The zero-order chi connectivity index (χ0) is 13.8. The van der Waals surface area contributed by atoms with Crippen LogP contribution < -0.4 is 0 Å². The van der Waals surface area contributed by atoms with E-state index in [-0.39, 0.29) is 18.1 Å². The van der Waals surface area contributed by atoms with Gasteiger partial charge in [-0.3, -0.25) is 9.69 Å². The number of halogens is 2. The van der Waals surface area contributed by atoms with Crippen LogP contribution in [0.3, 0.4) is 0 Å². The first-order chi connectivity index (χ1) is 9.11. The lowest BCUT2D eigenvalue weighted by molar-refractivity contribution is 0.0610. The molecule has 0 radical (unpaired) electrons. The van der Waals surface area contributed by atoms with Gasteiger partial charge < -0.3 is 10.0 Å². The Morgan fingerprint density at radius 3 is 2.63 bits per heavy atom. The molecule has 1 aromatic carbocycles. The number of amides is 1. The van der Waals surface area contributed by atoms with Gasteiger partial charge in [-0.15, -0.1) is 0 Å². The third-order valence-electron chi connectivity index (χ3n) is 3.23. The molecule has 104 valence electrons. The summed E-state index contributed by atoms with van der Waals surface area (Å²) in [7, 11) is 0. The van der Waals surface area contributed by atoms with E-state index in [1.807, 2.05) is 0 Å². The van der Waals surface area contributed by atoms with Gasteiger partial charge in [-0.1, -0.05) is 11.6 Å². The average Bonchev–Trinajstić information content (AvgIpc) is 2.42. The Labute approximate surface area is 116 Å². The molecule has 0 unspecified atom stereocenters. The molecule has 1 heterocycles. The minimum absolute atomic E-state index is 0.0168. The Kier molecular flexibility index (Phi) is 4.74. The fourth-order valence-electron chi connectivity index (χ4n) is 2.15. The second-order valence-electron chi connectivity index (χ2n) is 4.48. The van der Waals surface area contributed by atoms with Gasteiger partial charge >= 0.3 is 0 Å². The molecule has 1 aliphatic rings. The van der Waals surface area contributed by atoms with Crippen LogP contribution in [0.4, 0.5) is 4.39 Å². The molecule has 19 heavy (non-hydrogen) atoms. The van der Waals surface area contributed by atoms with Gasteiger partial charge in [0.05, 0.1) is 12.2 Å². The van der Waals surface area contributed by atoms with E-state index < -0.39 is 5.82 Å². The van der Waals surface area contributed by atoms with Crippen molar-refractivity contribution in [3.8, 4) is 0 Å². The Bertz CT molecular complexity index is 462. The van der Waals surface area contributed by atoms with E-state index >= 15 is 0 Å². The van der Waals surface area contributed by atoms with Crippen LogP contribution in [0.5, 0.6) is 0 Å². The van der Waals surface area contributed by atoms with Gasteiger partial charge in [0.2, 0.25) is 0 Å². The van der Waals surface area contributed by atoms with E-state index in [4.69, 9.17) is 16.7 Å². The van der Waals surface area contributed by atoms with E-state index in [2.05, 4.69) is 4.90 Å². The van der Waals surface area contributed by atoms with E-state index in [1.165, 1.54) is 18.2 Å². The van der Waals surface area contributed by atoms with Gasteiger partial charge in [0.25, 0.3) is 5.91 Å². The number of carbonyl (C=O) groups is 1. The van der Waals surface area contributed by atoms with E-state index in [1.54, 1.807) is 4.90 Å². The van der Waals surface area contributed by atoms with Crippen LogP contribution in [0.25, 0.3) is 0 Å². The average molecular weight is 287 g/mol. The summed E-state index contributed by atoms with van der Waals surface area (Å²) in [6.45, 7) is 3.16. The van der Waals surface area contributed by atoms with Crippen LogP contribution in [0.1, 0.15) is 10.4 Å². The highest BCUT2D eigenvalue weighted by Gasteiger charge is 2.23. The predicted octanol–water partition coefficient (Wildman–Crippen LogP) is 1.23. The molecule has 1 aromatic rings. The molecule has 6 heteroatoms. The topological polar surface area (TPSA) is 43.8 Å². The molecule has 1 amide bonds. The maximum Gasteiger partial charge on any atom is 0.256 e. The van der Waals surface area contributed by atoms with Crippen LogP contribution in [-0.2, 0) is 0 Å². The number of aliphatic hydroxyl groups is 1. The van der Waals surface area contributed by atoms with Crippen molar-refractivity contribution in [3.63, 3.8) is 0 Å². The minimum atomic E-state index is -0.549. The molecule has 0 saturated carbocycles. The van der Waals surface area contributed by atoms with Crippen LogP contribution in [0.15, 0.2) is 18.2 Å². The van der Waals surface area contributed by atoms with Crippen molar-refractivity contribution in [1.29, 1.82) is 0 Å². The zero-order valence-electron chi connectivity index (χ0n) is 10.5. The SMILES string of the molecule is O=C(c1cc(Cl)ccc1F)N1CCN(CCO)CC1. The first-order valence-corrected chi connectivity index (χ1v) is 6.57. The number of piperazine rings is 1. The van der Waals surface area contributed by atoms with Gasteiger partial charge in [-0.05, 0) is 18.2 Å². The van der Waals surface area contributed by atoms with Gasteiger partial charge in [-0.25, -0.2) is 4.39 Å². The van der Waals surface area contributed by atoms with Crippen molar-refractivity contribution in [2.45, 2.75) is 0 Å². The number of aliphatic hydroxyl groups excluding tert-OH is 1. The predicted molar refractivity (Wildman–Crippen MR) is 70.8 cm³/mol. The fraction of sp³-hybridized carbons (Fsp3) is 0.462. The lowest BCUT2D eigenvalue weighted by Crippen LogP contribution is -2.49. The van der Waals surface area contributed by atoms with Gasteiger partial charge in [0.15, 0.2) is 0 Å². The molecule has 0 bridgehead atoms. The van der Waals surface area contributed by atoms with Crippen molar-refractivity contribution in [1.82, 2.24) is 9.80 Å². The Morgan fingerprint density at radius 2 is 2.00 bits per heavy atom. The van der Waals surface area contributed by atoms with Gasteiger partial charge in [0.1, 0.15) is 5.82 Å². The molecular formula is C13H16ClFN2O2. The van der Waals surface area contributed by atoms with Gasteiger partial charge in [0, 0.05) is 37.7 Å². The number of hydrogen-bond donors (Lipinski definition) is 1. The monoisotopic (exact) mass is 286 g/mol. The van der Waals surface area contributed by atoms with Gasteiger partial charge in [-0.2, -0.15) is 0 Å². The number of carbonyl (C=O) groups excluding carboxylic acids is 1. The Balaban J connectivity index is 2.03. The van der Waals surface area contributed by atoms with E-state index in [0.29, 0.717) is 37.7 Å². The maximum atomic E-state index is 13.6. The van der Waals surface area contributed by atoms with E-state index in [9.17, 15) is 9.18 Å². The fourth-order valence-corrected chi connectivity index (χ4v) is 2.32. The highest BCUT2D eigenvalue weighted by Crippen LogP contribution is 2.17. The van der Waals surface area contributed by atoms with Crippen LogP contribution in [0.2, 0.25) is 5.02 Å². The molecule has 0 spiro atoms. The summed E-state index contributed by atoms with van der Waals surface area (Å²) in [6, 6.07) is 3.99. The van der Waals surface area contributed by atoms with Crippen molar-refractivity contribution in [2.24, 2.45) is 0 Å². The lowest BCUT2D eigenvalue weighted by atomic mass is 10.1. The first-order valence-electron chi connectivity index (χ1n) is 6.19. The second kappa shape index (κ2) is 6.32. The summed E-state index contributed by atoms with van der Waals surface area (Å²) in [5, 5.41) is 9.20. The Hall–Kier alpha value is -1.17. The third kappa shape index (κ3) is 3.43. The van der Waals surface area contributed by atoms with Crippen molar-refractivity contribution in [3.05, 3.63) is 34.6 Å². The molecule has 0 atom stereocenters. The van der Waals surface area contributed by atoms with Crippen LogP contribution >= 0.6 is 11.6 Å². The van der Waals surface area contributed by atoms with Crippen LogP contribution in [-0.4, -0.2) is 60.1 Å². The molecule has 1 saturated heterocycles. The smallest absolute Gasteiger partial charge is 0.256 e. The summed E-state index contributed by atoms with van der Waals surface area (Å²) >= 11 is 5.79. The molecule has 4 nitrogen and oxygen atoms in total. The molecular weight excluding hydrogens is 271 g/mol. The highest BCUT2D eigenvalue weighted by atomic mass is 35.5. The number of hydrogen-bond acceptors (Lipinski definition) is 3. The molecule has 2 rings (SSSR count). The third-order valence-corrected chi connectivity index (χ3v) is 3.47. The molecule has 0 aliphatic carbocycles. The number of nitrogens with zero attached hydrogens (tertiary/aromatic N) is 2. The normalized spacial score (nSPS) is 16.7. The maximum absolute atomic E-state index is 13.6. The lowest BCUT2D eigenvalue weighted by Gasteiger charge is -2.34. The number of β-amino-alcohol motifs (C(OH)–C–C–N with tert-alkyl or cyclic N) is 1. The second-order valence-corrected chi connectivity index (χ2v) is 4.92. The summed E-state index contributed by atoms with van der Waals surface area (Å²) in [5.41, 5.74) is 0.0168. The summed E-state index contributed by atoms with van der Waals surface area (Å²) in [5.74, 6) is -0.879. The summed E-state index contributed by atoms with van der Waals surface area (Å²) in [6.07, 6.45) is 0. The number of rotatable bonds is 3. The van der Waals surface area contributed by atoms with Crippen molar-refractivity contribution >= 4 is 17.5 Å². The van der Waals surface area contributed by atoms with Crippen molar-refractivity contribution < 1.29 is 14.3 Å². The minimum Gasteiger partial charge on any atom is -0.395 e. The number of benzene rings is 1. The molecule has 1 N–H and O–H groups in total.